The van der Waals surface area contributed by atoms with Gasteiger partial charge in [0.25, 0.3) is 0 Å². The Kier molecular flexibility index (Phi) is 1.98. The summed E-state index contributed by atoms with van der Waals surface area (Å²) in [5.41, 5.74) is 15.2. The third kappa shape index (κ3) is 1.48. The van der Waals surface area contributed by atoms with E-state index in [0.717, 1.165) is 16.7 Å². The van der Waals surface area contributed by atoms with Crippen molar-refractivity contribution in [1.82, 2.24) is 15.0 Å². The molecular weight excluding hydrogens is 214 g/mol. The van der Waals surface area contributed by atoms with Crippen LogP contribution in [-0.4, -0.2) is 15.0 Å². The second kappa shape index (κ2) is 3.48. The zero-order valence-corrected chi connectivity index (χ0v) is 9.04. The SMILES string of the molecule is Nc1ccc(-n2nnc3ccccc32)cc1N. The zero-order chi connectivity index (χ0) is 11.8. The third-order valence-electron chi connectivity index (χ3n) is 2.67. The van der Waals surface area contributed by atoms with E-state index in [1.807, 2.05) is 30.3 Å². The molecule has 0 aliphatic rings. The van der Waals surface area contributed by atoms with E-state index in [4.69, 9.17) is 11.5 Å². The number of para-hydroxylation sites is 1. The van der Waals surface area contributed by atoms with Crippen LogP contribution in [0, 0.1) is 0 Å². The molecule has 0 saturated heterocycles. The molecule has 0 bridgehead atoms. The fraction of sp³-hybridized carbons (Fsp3) is 0. The van der Waals surface area contributed by atoms with Gasteiger partial charge in [0.1, 0.15) is 5.52 Å². The van der Waals surface area contributed by atoms with Crippen LogP contribution in [0.1, 0.15) is 0 Å². The lowest BCUT2D eigenvalue weighted by molar-refractivity contribution is 0.824. The topological polar surface area (TPSA) is 82.8 Å². The highest BCUT2D eigenvalue weighted by Gasteiger charge is 2.06. The van der Waals surface area contributed by atoms with Gasteiger partial charge in [-0.15, -0.1) is 5.10 Å². The van der Waals surface area contributed by atoms with Crippen LogP contribution in [0.15, 0.2) is 42.5 Å². The van der Waals surface area contributed by atoms with Crippen molar-refractivity contribution in [2.45, 2.75) is 0 Å². The first-order chi connectivity index (χ1) is 8.25. The van der Waals surface area contributed by atoms with Gasteiger partial charge in [-0.05, 0) is 30.3 Å². The Morgan fingerprint density at radius 2 is 1.76 bits per heavy atom. The van der Waals surface area contributed by atoms with Crippen LogP contribution in [0.5, 0.6) is 0 Å². The molecule has 0 saturated carbocycles. The summed E-state index contributed by atoms with van der Waals surface area (Å²) >= 11 is 0. The fourth-order valence-corrected chi connectivity index (χ4v) is 1.75. The molecule has 0 spiro atoms. The summed E-state index contributed by atoms with van der Waals surface area (Å²) < 4.78 is 1.74. The number of nitrogens with two attached hydrogens (primary N) is 2. The van der Waals surface area contributed by atoms with Crippen LogP contribution in [0.3, 0.4) is 0 Å². The summed E-state index contributed by atoms with van der Waals surface area (Å²) in [7, 11) is 0. The van der Waals surface area contributed by atoms with Gasteiger partial charge in [-0.2, -0.15) is 0 Å². The van der Waals surface area contributed by atoms with E-state index in [1.165, 1.54) is 0 Å². The first-order valence-electron chi connectivity index (χ1n) is 5.21. The molecule has 3 rings (SSSR count). The highest BCUT2D eigenvalue weighted by Crippen LogP contribution is 2.21. The molecule has 0 aliphatic carbocycles. The van der Waals surface area contributed by atoms with Gasteiger partial charge in [0.15, 0.2) is 0 Å². The number of benzene rings is 2. The van der Waals surface area contributed by atoms with Gasteiger partial charge < -0.3 is 11.5 Å². The van der Waals surface area contributed by atoms with Crippen LogP contribution in [0.4, 0.5) is 11.4 Å². The predicted molar refractivity (Wildman–Crippen MR) is 67.7 cm³/mol. The molecule has 0 unspecified atom stereocenters. The van der Waals surface area contributed by atoms with Gasteiger partial charge >= 0.3 is 0 Å². The minimum atomic E-state index is 0.544. The Bertz CT molecular complexity index is 686. The van der Waals surface area contributed by atoms with Gasteiger partial charge in [0, 0.05) is 0 Å². The Balaban J connectivity index is 2.24. The van der Waals surface area contributed by atoms with E-state index in [2.05, 4.69) is 10.3 Å². The van der Waals surface area contributed by atoms with Crippen LogP contribution in [0.2, 0.25) is 0 Å². The van der Waals surface area contributed by atoms with Gasteiger partial charge in [-0.3, -0.25) is 0 Å². The lowest BCUT2D eigenvalue weighted by atomic mass is 10.2. The van der Waals surface area contributed by atoms with Crippen molar-refractivity contribution in [3.63, 3.8) is 0 Å². The molecule has 4 N–H and O–H groups in total. The molecule has 5 heteroatoms. The van der Waals surface area contributed by atoms with Crippen molar-refractivity contribution in [1.29, 1.82) is 0 Å². The number of nitrogens with zero attached hydrogens (tertiary/aromatic N) is 3. The largest absolute Gasteiger partial charge is 0.397 e. The first kappa shape index (κ1) is 9.65. The van der Waals surface area contributed by atoms with Crippen LogP contribution in [-0.2, 0) is 0 Å². The van der Waals surface area contributed by atoms with E-state index < -0.39 is 0 Å². The molecule has 84 valence electrons. The predicted octanol–water partition coefficient (Wildman–Crippen LogP) is 1.58. The number of anilines is 2. The number of hydrogen-bond donors (Lipinski definition) is 2. The average Bonchev–Trinajstić information content (AvgIpc) is 2.76. The maximum absolute atomic E-state index is 5.78. The third-order valence-corrected chi connectivity index (χ3v) is 2.67. The Morgan fingerprint density at radius 1 is 0.941 bits per heavy atom. The van der Waals surface area contributed by atoms with E-state index in [-0.39, 0.29) is 0 Å². The lowest BCUT2D eigenvalue weighted by Gasteiger charge is -2.05. The number of hydrogen-bond acceptors (Lipinski definition) is 4. The van der Waals surface area contributed by atoms with Crippen LogP contribution >= 0.6 is 0 Å². The highest BCUT2D eigenvalue weighted by molar-refractivity contribution is 5.77. The maximum Gasteiger partial charge on any atom is 0.113 e. The van der Waals surface area contributed by atoms with E-state index in [9.17, 15) is 0 Å². The molecule has 0 aliphatic heterocycles. The first-order valence-corrected chi connectivity index (χ1v) is 5.21. The average molecular weight is 225 g/mol. The van der Waals surface area contributed by atoms with Crippen LogP contribution in [0.25, 0.3) is 16.7 Å². The second-order valence-corrected chi connectivity index (χ2v) is 3.80. The Morgan fingerprint density at radius 3 is 2.59 bits per heavy atom. The van der Waals surface area contributed by atoms with Crippen molar-refractivity contribution in [2.24, 2.45) is 0 Å². The zero-order valence-electron chi connectivity index (χ0n) is 9.04. The number of fused-ring (bicyclic) bond motifs is 1. The molecule has 0 amide bonds. The maximum atomic E-state index is 5.78. The summed E-state index contributed by atoms with van der Waals surface area (Å²) in [6, 6.07) is 13.2. The standard InChI is InChI=1S/C12H11N5/c13-9-6-5-8(7-10(9)14)17-12-4-2-1-3-11(12)15-16-17/h1-7H,13-14H2. The van der Waals surface area contributed by atoms with Gasteiger partial charge in [0.05, 0.1) is 22.6 Å². The normalized spacial score (nSPS) is 10.8. The summed E-state index contributed by atoms with van der Waals surface area (Å²) in [5, 5.41) is 8.19. The molecule has 2 aromatic carbocycles. The summed E-state index contributed by atoms with van der Waals surface area (Å²) in [5.74, 6) is 0. The molecule has 1 aromatic heterocycles. The number of nitrogen functional groups attached to an aromatic ring is 2. The van der Waals surface area contributed by atoms with E-state index >= 15 is 0 Å². The monoisotopic (exact) mass is 225 g/mol. The molecule has 0 atom stereocenters. The molecule has 5 nitrogen and oxygen atoms in total. The van der Waals surface area contributed by atoms with Crippen molar-refractivity contribution in [3.8, 4) is 5.69 Å². The quantitative estimate of drug-likeness (QED) is 0.616. The summed E-state index contributed by atoms with van der Waals surface area (Å²) in [4.78, 5) is 0. The molecule has 1 heterocycles. The smallest absolute Gasteiger partial charge is 0.113 e. The Labute approximate surface area is 97.6 Å². The minimum Gasteiger partial charge on any atom is -0.397 e. The molecule has 0 fully saturated rings. The summed E-state index contributed by atoms with van der Waals surface area (Å²) in [6.45, 7) is 0. The van der Waals surface area contributed by atoms with Crippen molar-refractivity contribution >= 4 is 22.4 Å². The highest BCUT2D eigenvalue weighted by atomic mass is 15.4. The summed E-state index contributed by atoms with van der Waals surface area (Å²) in [6.07, 6.45) is 0. The molecule has 0 radical (unpaired) electrons. The van der Waals surface area contributed by atoms with Crippen LogP contribution < -0.4 is 11.5 Å². The Hall–Kier alpha value is -2.56. The minimum absolute atomic E-state index is 0.544. The van der Waals surface area contributed by atoms with Crippen molar-refractivity contribution in [2.75, 3.05) is 11.5 Å². The molecular formula is C12H11N5. The van der Waals surface area contributed by atoms with Gasteiger partial charge in [-0.25, -0.2) is 4.68 Å². The van der Waals surface area contributed by atoms with Crippen molar-refractivity contribution < 1.29 is 0 Å². The van der Waals surface area contributed by atoms with Gasteiger partial charge in [0.2, 0.25) is 0 Å². The van der Waals surface area contributed by atoms with Crippen molar-refractivity contribution in [3.05, 3.63) is 42.5 Å². The number of rotatable bonds is 1. The number of aromatic nitrogens is 3. The van der Waals surface area contributed by atoms with E-state index in [1.54, 1.807) is 16.8 Å². The van der Waals surface area contributed by atoms with Gasteiger partial charge in [-0.1, -0.05) is 17.3 Å². The van der Waals surface area contributed by atoms with E-state index in [0.29, 0.717) is 11.4 Å². The molecule has 17 heavy (non-hydrogen) atoms. The lowest BCUT2D eigenvalue weighted by Crippen LogP contribution is -2.00. The molecule has 3 aromatic rings. The second-order valence-electron chi connectivity index (χ2n) is 3.80. The fourth-order valence-electron chi connectivity index (χ4n) is 1.75.